The second-order valence-electron chi connectivity index (χ2n) is 2.46. The minimum atomic E-state index is -0.589. The molecule has 0 saturated carbocycles. The van der Waals surface area contributed by atoms with Crippen LogP contribution < -0.4 is 0 Å². The van der Waals surface area contributed by atoms with Gasteiger partial charge in [0.25, 0.3) is 0 Å². The Morgan fingerprint density at radius 1 is 1.75 bits per heavy atom. The molecule has 0 aliphatic carbocycles. The summed E-state index contributed by atoms with van der Waals surface area (Å²) < 4.78 is 0. The first-order chi connectivity index (χ1) is 5.75. The fourth-order valence-electron chi connectivity index (χ4n) is 0.817. The number of ketones is 1. The van der Waals surface area contributed by atoms with Crippen LogP contribution in [0.4, 0.5) is 0 Å². The van der Waals surface area contributed by atoms with Gasteiger partial charge in [-0.05, 0) is 19.1 Å². The van der Waals surface area contributed by atoms with E-state index in [1.54, 1.807) is 25.3 Å². The Morgan fingerprint density at radius 3 is 3.00 bits per heavy atom. The predicted octanol–water partition coefficient (Wildman–Crippen LogP) is 1.42. The average Bonchev–Trinajstić information content (AvgIpc) is 2.17. The summed E-state index contributed by atoms with van der Waals surface area (Å²) in [7, 11) is 0. The molecule has 3 nitrogen and oxygen atoms in total. The lowest BCUT2D eigenvalue weighted by molar-refractivity contribution is 0.0956. The van der Waals surface area contributed by atoms with Gasteiger partial charge in [-0.15, -0.1) is 0 Å². The molecule has 1 aromatic rings. The van der Waals surface area contributed by atoms with Crippen molar-refractivity contribution in [3.8, 4) is 6.07 Å². The highest BCUT2D eigenvalue weighted by Crippen LogP contribution is 2.05. The lowest BCUT2D eigenvalue weighted by Gasteiger charge is -1.99. The van der Waals surface area contributed by atoms with E-state index in [-0.39, 0.29) is 5.78 Å². The highest BCUT2D eigenvalue weighted by Gasteiger charge is 2.13. The molecular weight excluding hydrogens is 152 g/mol. The molecule has 1 atom stereocenters. The summed E-state index contributed by atoms with van der Waals surface area (Å²) in [6.07, 6.45) is 3.06. The smallest absolute Gasteiger partial charge is 0.181 e. The number of pyridine rings is 1. The van der Waals surface area contributed by atoms with E-state index in [9.17, 15) is 4.79 Å². The number of aromatic nitrogens is 1. The molecule has 0 fully saturated rings. The van der Waals surface area contributed by atoms with Crippen molar-refractivity contribution in [3.63, 3.8) is 0 Å². The van der Waals surface area contributed by atoms with E-state index in [4.69, 9.17) is 5.26 Å². The van der Waals surface area contributed by atoms with Crippen LogP contribution in [-0.2, 0) is 0 Å². The molecule has 0 aromatic carbocycles. The zero-order valence-corrected chi connectivity index (χ0v) is 6.69. The largest absolute Gasteiger partial charge is 0.293 e. The highest BCUT2D eigenvalue weighted by molar-refractivity contribution is 5.98. The van der Waals surface area contributed by atoms with E-state index in [0.717, 1.165) is 0 Å². The number of Topliss-reactive ketones (excluding diaryl/α,β-unsaturated/α-hetero) is 1. The molecule has 1 aromatic heterocycles. The van der Waals surface area contributed by atoms with E-state index in [2.05, 4.69) is 4.98 Å². The standard InChI is InChI=1S/C9H8N2O/c1-7(5-10)9(12)8-3-2-4-11-6-8/h2-4,6-7H,1H3/t7-/m0/s1. The Bertz CT molecular complexity index is 313. The van der Waals surface area contributed by atoms with Crippen LogP contribution in [0.2, 0.25) is 0 Å². The molecule has 0 saturated heterocycles. The zero-order chi connectivity index (χ0) is 8.97. The van der Waals surface area contributed by atoms with Gasteiger partial charge in [-0.25, -0.2) is 0 Å². The number of nitriles is 1. The van der Waals surface area contributed by atoms with Crippen molar-refractivity contribution in [2.24, 2.45) is 5.92 Å². The number of hydrogen-bond acceptors (Lipinski definition) is 3. The van der Waals surface area contributed by atoms with Crippen LogP contribution in [0.1, 0.15) is 17.3 Å². The van der Waals surface area contributed by atoms with Gasteiger partial charge in [-0.1, -0.05) is 0 Å². The van der Waals surface area contributed by atoms with Gasteiger partial charge >= 0.3 is 0 Å². The molecule has 60 valence electrons. The van der Waals surface area contributed by atoms with Crippen LogP contribution in [-0.4, -0.2) is 10.8 Å². The van der Waals surface area contributed by atoms with Crippen molar-refractivity contribution in [2.45, 2.75) is 6.92 Å². The van der Waals surface area contributed by atoms with Gasteiger partial charge < -0.3 is 0 Å². The summed E-state index contributed by atoms with van der Waals surface area (Å²) in [6, 6.07) is 5.22. The van der Waals surface area contributed by atoms with E-state index >= 15 is 0 Å². The number of carbonyl (C=O) groups excluding carboxylic acids is 1. The fraction of sp³-hybridized carbons (Fsp3) is 0.222. The van der Waals surface area contributed by atoms with E-state index in [1.807, 2.05) is 6.07 Å². The summed E-state index contributed by atoms with van der Waals surface area (Å²) in [6.45, 7) is 1.58. The molecule has 3 heteroatoms. The molecule has 0 spiro atoms. The third-order valence-corrected chi connectivity index (χ3v) is 1.53. The number of hydrogen-bond donors (Lipinski definition) is 0. The third-order valence-electron chi connectivity index (χ3n) is 1.53. The van der Waals surface area contributed by atoms with Crippen molar-refractivity contribution >= 4 is 5.78 Å². The van der Waals surface area contributed by atoms with Crippen molar-refractivity contribution < 1.29 is 4.79 Å². The van der Waals surface area contributed by atoms with Crippen molar-refractivity contribution in [1.29, 1.82) is 5.26 Å². The second kappa shape index (κ2) is 3.63. The summed E-state index contributed by atoms with van der Waals surface area (Å²) in [5, 5.41) is 8.48. The van der Waals surface area contributed by atoms with Crippen molar-refractivity contribution in [2.75, 3.05) is 0 Å². The molecule has 0 bridgehead atoms. The SMILES string of the molecule is C[C@@H](C#N)C(=O)c1cccnc1. The third kappa shape index (κ3) is 1.67. The maximum absolute atomic E-state index is 11.3. The summed E-state index contributed by atoms with van der Waals surface area (Å²) in [5.74, 6) is -0.764. The first-order valence-corrected chi connectivity index (χ1v) is 3.59. The fourth-order valence-corrected chi connectivity index (χ4v) is 0.817. The van der Waals surface area contributed by atoms with Gasteiger partial charge in [0, 0.05) is 18.0 Å². The molecule has 0 N–H and O–H groups in total. The number of carbonyl (C=O) groups is 1. The van der Waals surface area contributed by atoms with E-state index in [0.29, 0.717) is 5.56 Å². The van der Waals surface area contributed by atoms with Gasteiger partial charge in [0.2, 0.25) is 0 Å². The van der Waals surface area contributed by atoms with Crippen LogP contribution in [0.3, 0.4) is 0 Å². The first-order valence-electron chi connectivity index (χ1n) is 3.59. The van der Waals surface area contributed by atoms with Crippen LogP contribution in [0, 0.1) is 17.2 Å². The minimum absolute atomic E-state index is 0.175. The number of rotatable bonds is 2. The highest BCUT2D eigenvalue weighted by atomic mass is 16.1. The lowest BCUT2D eigenvalue weighted by Crippen LogP contribution is -2.08. The Kier molecular flexibility index (Phi) is 2.54. The van der Waals surface area contributed by atoms with Crippen LogP contribution in [0.25, 0.3) is 0 Å². The normalized spacial score (nSPS) is 11.7. The molecule has 0 aliphatic rings. The zero-order valence-electron chi connectivity index (χ0n) is 6.69. The Balaban J connectivity index is 2.88. The number of nitrogens with zero attached hydrogens (tertiary/aromatic N) is 2. The quantitative estimate of drug-likeness (QED) is 0.615. The maximum atomic E-state index is 11.3. The molecule has 1 rings (SSSR count). The monoisotopic (exact) mass is 160 g/mol. The molecule has 0 aliphatic heterocycles. The Labute approximate surface area is 70.7 Å². The molecule has 0 unspecified atom stereocenters. The van der Waals surface area contributed by atoms with Gasteiger partial charge in [0.05, 0.1) is 6.07 Å². The first kappa shape index (κ1) is 8.41. The molecule has 0 radical (unpaired) electrons. The molecule has 12 heavy (non-hydrogen) atoms. The average molecular weight is 160 g/mol. The second-order valence-corrected chi connectivity index (χ2v) is 2.46. The molecule has 1 heterocycles. The molecular formula is C9H8N2O. The topological polar surface area (TPSA) is 53.8 Å². The van der Waals surface area contributed by atoms with Gasteiger partial charge in [-0.2, -0.15) is 5.26 Å². The van der Waals surface area contributed by atoms with Crippen molar-refractivity contribution in [3.05, 3.63) is 30.1 Å². The predicted molar refractivity (Wildman–Crippen MR) is 43.3 cm³/mol. The lowest BCUT2D eigenvalue weighted by atomic mass is 10.0. The van der Waals surface area contributed by atoms with E-state index < -0.39 is 5.92 Å². The van der Waals surface area contributed by atoms with Crippen molar-refractivity contribution in [1.82, 2.24) is 4.98 Å². The summed E-state index contributed by atoms with van der Waals surface area (Å²) in [5.41, 5.74) is 0.492. The Morgan fingerprint density at radius 2 is 2.50 bits per heavy atom. The van der Waals surface area contributed by atoms with Gasteiger partial charge in [0.1, 0.15) is 5.92 Å². The van der Waals surface area contributed by atoms with Crippen LogP contribution >= 0.6 is 0 Å². The maximum Gasteiger partial charge on any atom is 0.181 e. The van der Waals surface area contributed by atoms with Crippen LogP contribution in [0.15, 0.2) is 24.5 Å². The van der Waals surface area contributed by atoms with Gasteiger partial charge in [-0.3, -0.25) is 9.78 Å². The Hall–Kier alpha value is -1.69. The summed E-state index contributed by atoms with van der Waals surface area (Å²) >= 11 is 0. The summed E-state index contributed by atoms with van der Waals surface area (Å²) in [4.78, 5) is 15.1. The van der Waals surface area contributed by atoms with E-state index in [1.165, 1.54) is 6.20 Å². The minimum Gasteiger partial charge on any atom is -0.293 e. The van der Waals surface area contributed by atoms with Crippen LogP contribution in [0.5, 0.6) is 0 Å². The van der Waals surface area contributed by atoms with Gasteiger partial charge in [0.15, 0.2) is 5.78 Å². The molecule has 0 amide bonds.